The van der Waals surface area contributed by atoms with Crippen molar-refractivity contribution in [2.45, 2.75) is 32.0 Å². The Hall–Kier alpha value is -3.03. The normalized spacial score (nSPS) is 16.2. The van der Waals surface area contributed by atoms with Gasteiger partial charge in [0.2, 0.25) is 0 Å². The van der Waals surface area contributed by atoms with Crippen molar-refractivity contribution in [3.05, 3.63) is 92.9 Å². The number of anilines is 1. The first-order valence-corrected chi connectivity index (χ1v) is 11.6. The van der Waals surface area contributed by atoms with Gasteiger partial charge in [0.05, 0.1) is 6.04 Å². The van der Waals surface area contributed by atoms with Crippen LogP contribution >= 0.6 is 27.5 Å². The molecule has 6 nitrogen and oxygen atoms in total. The van der Waals surface area contributed by atoms with E-state index in [9.17, 15) is 9.59 Å². The number of rotatable bonds is 6. The zero-order chi connectivity index (χ0) is 23.5. The van der Waals surface area contributed by atoms with Gasteiger partial charge in [-0.1, -0.05) is 57.9 Å². The molecule has 0 aliphatic carbocycles. The van der Waals surface area contributed by atoms with E-state index in [0.717, 1.165) is 26.9 Å². The molecule has 0 saturated carbocycles. The summed E-state index contributed by atoms with van der Waals surface area (Å²) >= 11 is 9.72. The monoisotopic (exact) mass is 527 g/mol. The topological polar surface area (TPSA) is 84.7 Å². The number of urea groups is 1. The summed E-state index contributed by atoms with van der Waals surface area (Å²) in [6, 6.07) is 19.2. The fourth-order valence-corrected chi connectivity index (χ4v) is 4.63. The second kappa shape index (κ2) is 9.85. The predicted molar refractivity (Wildman–Crippen MR) is 132 cm³/mol. The lowest BCUT2D eigenvalue weighted by Crippen LogP contribution is -2.54. The number of carbonyl (C=O) groups is 2. The number of ether oxygens (including phenoxy) is 1. The number of fused-ring (bicyclic) bond motifs is 1. The van der Waals surface area contributed by atoms with Crippen molar-refractivity contribution in [3.8, 4) is 5.75 Å². The Labute approximate surface area is 205 Å². The van der Waals surface area contributed by atoms with E-state index in [2.05, 4.69) is 21.2 Å². The van der Waals surface area contributed by atoms with Gasteiger partial charge in [0.25, 0.3) is 5.91 Å². The minimum Gasteiger partial charge on any atom is -0.489 e. The fraction of sp³-hybridized carbons (Fsp3) is 0.200. The van der Waals surface area contributed by atoms with Crippen molar-refractivity contribution in [3.63, 3.8) is 0 Å². The molecule has 170 valence electrons. The van der Waals surface area contributed by atoms with Crippen LogP contribution in [0.5, 0.6) is 5.75 Å². The summed E-state index contributed by atoms with van der Waals surface area (Å²) in [5.74, 6) is 0.457. The Balaban J connectivity index is 1.61. The maximum absolute atomic E-state index is 13.4. The highest BCUT2D eigenvalue weighted by Crippen LogP contribution is 2.37. The minimum absolute atomic E-state index is 0.239. The molecule has 4 rings (SSSR count). The fourth-order valence-electron chi connectivity index (χ4n) is 4.02. The summed E-state index contributed by atoms with van der Waals surface area (Å²) < 4.78 is 6.99. The number of primary amides is 1. The summed E-state index contributed by atoms with van der Waals surface area (Å²) in [5.41, 5.74) is 8.87. The van der Waals surface area contributed by atoms with Gasteiger partial charge >= 0.3 is 6.03 Å². The lowest BCUT2D eigenvalue weighted by atomic mass is 9.94. The highest BCUT2D eigenvalue weighted by Gasteiger charge is 2.36. The van der Waals surface area contributed by atoms with E-state index in [4.69, 9.17) is 22.1 Å². The number of carbonyl (C=O) groups excluding carboxylic acids is 2. The van der Waals surface area contributed by atoms with Crippen molar-refractivity contribution in [1.82, 2.24) is 5.32 Å². The molecule has 0 fully saturated rings. The number of hydrogen-bond donors (Lipinski definition) is 2. The summed E-state index contributed by atoms with van der Waals surface area (Å²) in [5, 5.41) is 3.10. The molecule has 0 aromatic heterocycles. The predicted octanol–water partition coefficient (Wildman–Crippen LogP) is 5.37. The summed E-state index contributed by atoms with van der Waals surface area (Å²) in [7, 11) is 0. The van der Waals surface area contributed by atoms with Crippen LogP contribution in [0.4, 0.5) is 10.5 Å². The van der Waals surface area contributed by atoms with Gasteiger partial charge in [-0.05, 0) is 60.0 Å². The lowest BCUT2D eigenvalue weighted by molar-refractivity contribution is -0.121. The van der Waals surface area contributed by atoms with Crippen molar-refractivity contribution in [2.24, 2.45) is 5.73 Å². The van der Waals surface area contributed by atoms with Crippen molar-refractivity contribution >= 4 is 45.2 Å². The van der Waals surface area contributed by atoms with Crippen molar-refractivity contribution in [1.29, 1.82) is 0 Å². The number of nitrogens with two attached hydrogens (primary N) is 1. The average Bonchev–Trinajstić information content (AvgIpc) is 2.78. The van der Waals surface area contributed by atoms with Crippen LogP contribution < -0.4 is 20.7 Å². The molecule has 0 bridgehead atoms. The van der Waals surface area contributed by atoms with Crippen molar-refractivity contribution in [2.75, 3.05) is 4.90 Å². The lowest BCUT2D eigenvalue weighted by Gasteiger charge is -2.38. The highest BCUT2D eigenvalue weighted by atomic mass is 79.9. The Morgan fingerprint density at radius 3 is 2.76 bits per heavy atom. The van der Waals surface area contributed by atoms with Gasteiger partial charge in [-0.3, -0.25) is 4.79 Å². The second-order valence-corrected chi connectivity index (χ2v) is 9.27. The zero-order valence-electron chi connectivity index (χ0n) is 17.9. The molecule has 0 saturated heterocycles. The molecule has 33 heavy (non-hydrogen) atoms. The highest BCUT2D eigenvalue weighted by molar-refractivity contribution is 9.10. The van der Waals surface area contributed by atoms with E-state index in [1.54, 1.807) is 17.0 Å². The second-order valence-electron chi connectivity index (χ2n) is 7.91. The molecule has 0 radical (unpaired) electrons. The van der Waals surface area contributed by atoms with Gasteiger partial charge in [0.1, 0.15) is 18.4 Å². The van der Waals surface area contributed by atoms with Gasteiger partial charge in [-0.25, -0.2) is 4.79 Å². The van der Waals surface area contributed by atoms with Gasteiger partial charge < -0.3 is 20.7 Å². The van der Waals surface area contributed by atoms with E-state index in [1.807, 2.05) is 61.5 Å². The van der Waals surface area contributed by atoms with E-state index >= 15 is 0 Å². The molecule has 8 heteroatoms. The summed E-state index contributed by atoms with van der Waals surface area (Å²) in [4.78, 5) is 26.5. The number of nitrogens with one attached hydrogen (secondary N) is 1. The largest absolute Gasteiger partial charge is 0.489 e. The van der Waals surface area contributed by atoms with Gasteiger partial charge in [0, 0.05) is 21.6 Å². The van der Waals surface area contributed by atoms with Crippen LogP contribution in [0.15, 0.2) is 71.2 Å². The van der Waals surface area contributed by atoms with Gasteiger partial charge in [-0.15, -0.1) is 0 Å². The number of halogens is 2. The maximum Gasteiger partial charge on any atom is 0.312 e. The molecule has 3 amide bonds. The molecule has 1 aliphatic heterocycles. The summed E-state index contributed by atoms with van der Waals surface area (Å²) in [6.45, 7) is 2.35. The standard InChI is InChI=1S/C25H23BrClN3O3/c1-15(17-5-3-7-21(11-17)33-14-16-4-2-6-19(26)10-16)30-23-13-20(27)9-8-18(23)12-22(24(30)31)29-25(28)32/h2-11,13,15,22H,12,14H2,1H3,(H3,28,29,32)/t15-,22+/m0/s1. The third-order valence-corrected chi connectivity index (χ3v) is 6.33. The van der Waals surface area contributed by atoms with Crippen molar-refractivity contribution < 1.29 is 14.3 Å². The first-order valence-electron chi connectivity index (χ1n) is 10.5. The molecule has 3 N–H and O–H groups in total. The Bertz CT molecular complexity index is 1200. The van der Waals surface area contributed by atoms with Crippen LogP contribution in [0.3, 0.4) is 0 Å². The van der Waals surface area contributed by atoms with E-state index in [0.29, 0.717) is 23.8 Å². The number of hydrogen-bond acceptors (Lipinski definition) is 3. The molecule has 1 aliphatic rings. The third kappa shape index (κ3) is 5.31. The maximum atomic E-state index is 13.4. The zero-order valence-corrected chi connectivity index (χ0v) is 20.3. The number of nitrogens with zero attached hydrogens (tertiary/aromatic N) is 1. The quantitative estimate of drug-likeness (QED) is 0.451. The minimum atomic E-state index is -0.741. The van der Waals surface area contributed by atoms with Crippen LogP contribution in [0.1, 0.15) is 29.7 Å². The van der Waals surface area contributed by atoms with E-state index in [1.165, 1.54) is 0 Å². The van der Waals surface area contributed by atoms with Crippen LogP contribution in [0, 0.1) is 0 Å². The third-order valence-electron chi connectivity index (χ3n) is 5.61. The number of amides is 3. The first-order chi connectivity index (χ1) is 15.8. The summed E-state index contributed by atoms with van der Waals surface area (Å²) in [6.07, 6.45) is 0.354. The smallest absolute Gasteiger partial charge is 0.312 e. The Morgan fingerprint density at radius 2 is 2.00 bits per heavy atom. The van der Waals surface area contributed by atoms with Crippen LogP contribution in [0.25, 0.3) is 0 Å². The van der Waals surface area contributed by atoms with E-state index in [-0.39, 0.29) is 11.9 Å². The SMILES string of the molecule is C[C@@H](c1cccc(OCc2cccc(Br)c2)c1)N1C(=O)[C@H](NC(N)=O)Cc2ccc(Cl)cc21. The van der Waals surface area contributed by atoms with E-state index < -0.39 is 12.1 Å². The number of benzene rings is 3. The average molecular weight is 529 g/mol. The van der Waals surface area contributed by atoms with Gasteiger partial charge in [-0.2, -0.15) is 0 Å². The Morgan fingerprint density at radius 1 is 1.21 bits per heavy atom. The van der Waals surface area contributed by atoms with Gasteiger partial charge in [0.15, 0.2) is 0 Å². The van der Waals surface area contributed by atoms with Crippen LogP contribution in [-0.2, 0) is 17.8 Å². The van der Waals surface area contributed by atoms with Crippen LogP contribution in [0.2, 0.25) is 5.02 Å². The molecule has 0 unspecified atom stereocenters. The molecule has 0 spiro atoms. The van der Waals surface area contributed by atoms with Crippen LogP contribution in [-0.4, -0.2) is 18.0 Å². The molecule has 3 aromatic rings. The molecule has 1 heterocycles. The first kappa shape index (κ1) is 23.1. The molecular weight excluding hydrogens is 506 g/mol. The Kier molecular flexibility index (Phi) is 6.91. The molecule has 3 aromatic carbocycles. The molecular formula is C25H23BrClN3O3. The molecule has 2 atom stereocenters.